The smallest absolute Gasteiger partial charge is 0.336 e. The van der Waals surface area contributed by atoms with Gasteiger partial charge in [-0.3, -0.25) is 0 Å². The maximum atomic E-state index is 11.7. The number of rotatable bonds is 6. The van der Waals surface area contributed by atoms with Crippen LogP contribution in [0.4, 0.5) is 0 Å². The van der Waals surface area contributed by atoms with Gasteiger partial charge in [-0.05, 0) is 48.8 Å². The van der Waals surface area contributed by atoms with Crippen molar-refractivity contribution in [2.24, 2.45) is 22.7 Å². The lowest BCUT2D eigenvalue weighted by atomic mass is 9.47. The largest absolute Gasteiger partial charge is 0.493 e. The van der Waals surface area contributed by atoms with Gasteiger partial charge in [0.25, 0.3) is 0 Å². The van der Waals surface area contributed by atoms with Crippen LogP contribution in [0.15, 0.2) is 51.2 Å². The Morgan fingerprint density at radius 1 is 1.02 bits per heavy atom. The minimum atomic E-state index is -1.55. The summed E-state index contributed by atoms with van der Waals surface area (Å²) in [6, 6.07) is 8.46. The van der Waals surface area contributed by atoms with E-state index in [1.807, 2.05) is 39.0 Å². The van der Waals surface area contributed by atoms with Gasteiger partial charge in [-0.15, -0.1) is 0 Å². The molecule has 5 rings (SSSR count). The summed E-state index contributed by atoms with van der Waals surface area (Å²) >= 11 is 0. The topological polar surface area (TPSA) is 159 Å². The molecule has 0 amide bonds. The normalized spacial score (nSPS) is 39.4. The summed E-state index contributed by atoms with van der Waals surface area (Å²) in [5, 5.41) is 52.7. The van der Waals surface area contributed by atoms with Crippen molar-refractivity contribution in [3.8, 4) is 5.75 Å². The molecule has 2 fully saturated rings. The Kier molecular flexibility index (Phi) is 7.90. The van der Waals surface area contributed by atoms with Gasteiger partial charge in [0.2, 0.25) is 0 Å². The quantitative estimate of drug-likeness (QED) is 0.260. The van der Waals surface area contributed by atoms with Crippen LogP contribution in [0.5, 0.6) is 5.75 Å². The van der Waals surface area contributed by atoms with Crippen molar-refractivity contribution in [2.75, 3.05) is 13.2 Å². The number of ether oxygens (including phenoxy) is 3. The van der Waals surface area contributed by atoms with Crippen LogP contribution in [0.1, 0.15) is 40.5 Å². The van der Waals surface area contributed by atoms with E-state index in [2.05, 4.69) is 6.92 Å². The lowest BCUT2D eigenvalue weighted by Gasteiger charge is -2.60. The van der Waals surface area contributed by atoms with Crippen molar-refractivity contribution < 1.29 is 44.2 Å². The molecule has 10 atom stereocenters. The van der Waals surface area contributed by atoms with Gasteiger partial charge in [0.05, 0.1) is 25.4 Å². The van der Waals surface area contributed by atoms with Crippen LogP contribution in [-0.2, 0) is 9.47 Å². The second-order valence-corrected chi connectivity index (χ2v) is 12.4. The molecule has 5 N–H and O–H groups in total. The van der Waals surface area contributed by atoms with Gasteiger partial charge >= 0.3 is 5.63 Å². The fourth-order valence-corrected chi connectivity index (χ4v) is 7.30. The third-order valence-electron chi connectivity index (χ3n) is 9.58. The first kappa shape index (κ1) is 29.2. The third kappa shape index (κ3) is 5.00. The molecule has 1 aromatic heterocycles. The number of aliphatic hydroxyl groups excluding tert-OH is 5. The van der Waals surface area contributed by atoms with Gasteiger partial charge in [-0.25, -0.2) is 4.79 Å². The van der Waals surface area contributed by atoms with Gasteiger partial charge in [-0.1, -0.05) is 32.4 Å². The van der Waals surface area contributed by atoms with E-state index in [0.29, 0.717) is 30.8 Å². The molecule has 10 nitrogen and oxygen atoms in total. The lowest BCUT2D eigenvalue weighted by Crippen LogP contribution is -2.63. The predicted octanol–water partition coefficient (Wildman–Crippen LogP) is 1.74. The first-order valence-electron chi connectivity index (χ1n) is 13.9. The maximum Gasteiger partial charge on any atom is 0.336 e. The molecule has 10 heteroatoms. The monoisotopic (exact) mass is 560 g/mol. The van der Waals surface area contributed by atoms with E-state index in [1.54, 1.807) is 12.1 Å². The Morgan fingerprint density at radius 2 is 1.75 bits per heavy atom. The average molecular weight is 561 g/mol. The molecule has 0 bridgehead atoms. The summed E-state index contributed by atoms with van der Waals surface area (Å²) in [7, 11) is 0. The van der Waals surface area contributed by atoms with Crippen molar-refractivity contribution in [2.45, 2.75) is 83.5 Å². The Bertz CT molecular complexity index is 1300. The molecule has 2 aromatic rings. The van der Waals surface area contributed by atoms with Gasteiger partial charge in [-0.2, -0.15) is 0 Å². The zero-order valence-corrected chi connectivity index (χ0v) is 23.3. The second kappa shape index (κ2) is 10.8. The molecule has 1 saturated carbocycles. The van der Waals surface area contributed by atoms with Crippen LogP contribution >= 0.6 is 0 Å². The molecular formula is C30H40O10. The third-order valence-corrected chi connectivity index (χ3v) is 9.58. The molecule has 10 unspecified atom stereocenters. The van der Waals surface area contributed by atoms with Gasteiger partial charge in [0, 0.05) is 29.4 Å². The van der Waals surface area contributed by atoms with Crippen LogP contribution in [0.2, 0.25) is 0 Å². The Hall–Kier alpha value is -2.31. The number of hydrogen-bond acceptors (Lipinski definition) is 10. The lowest BCUT2D eigenvalue weighted by molar-refractivity contribution is -0.320. The van der Waals surface area contributed by atoms with E-state index in [4.69, 9.17) is 18.6 Å². The van der Waals surface area contributed by atoms with Gasteiger partial charge in [0.15, 0.2) is 6.29 Å². The highest BCUT2D eigenvalue weighted by Crippen LogP contribution is 2.60. The molecular weight excluding hydrogens is 520 g/mol. The Balaban J connectivity index is 1.44. The van der Waals surface area contributed by atoms with E-state index >= 15 is 0 Å². The van der Waals surface area contributed by atoms with Crippen molar-refractivity contribution in [3.63, 3.8) is 0 Å². The minimum absolute atomic E-state index is 0.0441. The minimum Gasteiger partial charge on any atom is -0.493 e. The van der Waals surface area contributed by atoms with E-state index in [0.717, 1.165) is 11.0 Å². The molecule has 0 radical (unpaired) electrons. The zero-order chi connectivity index (χ0) is 29.0. The van der Waals surface area contributed by atoms with Gasteiger partial charge < -0.3 is 44.2 Å². The number of hydrogen-bond donors (Lipinski definition) is 5. The average Bonchev–Trinajstić information content (AvgIpc) is 2.90. The van der Waals surface area contributed by atoms with Crippen molar-refractivity contribution in [1.29, 1.82) is 0 Å². The van der Waals surface area contributed by atoms with E-state index in [9.17, 15) is 30.3 Å². The summed E-state index contributed by atoms with van der Waals surface area (Å²) in [6.07, 6.45) is -4.86. The van der Waals surface area contributed by atoms with Crippen LogP contribution in [0, 0.1) is 22.7 Å². The summed E-state index contributed by atoms with van der Waals surface area (Å²) < 4.78 is 23.6. The first-order valence-corrected chi connectivity index (χ1v) is 13.9. The van der Waals surface area contributed by atoms with Crippen LogP contribution in [-0.4, -0.2) is 81.7 Å². The summed E-state index contributed by atoms with van der Waals surface area (Å²) in [5.74, 6) is 0.296. The molecule has 0 spiro atoms. The SMILES string of the molecule is CC1=CC(OC2OC(CO)C(O)C(O)C2O)C2C(C)(C)C(O)CCC2(C)C1COc1ccc2ccc(=O)oc2c1. The van der Waals surface area contributed by atoms with Crippen LogP contribution in [0.25, 0.3) is 11.0 Å². The van der Waals surface area contributed by atoms with E-state index in [1.165, 1.54) is 6.07 Å². The zero-order valence-electron chi connectivity index (χ0n) is 23.3. The van der Waals surface area contributed by atoms with Crippen molar-refractivity contribution in [3.05, 3.63) is 52.4 Å². The summed E-state index contributed by atoms with van der Waals surface area (Å²) in [5.41, 5.74) is 0.0458. The van der Waals surface area contributed by atoms with E-state index in [-0.39, 0.29) is 17.3 Å². The predicted molar refractivity (Wildman–Crippen MR) is 144 cm³/mol. The highest BCUT2D eigenvalue weighted by molar-refractivity contribution is 5.77. The molecule has 1 saturated heterocycles. The molecule has 1 aromatic carbocycles. The highest BCUT2D eigenvalue weighted by atomic mass is 16.7. The van der Waals surface area contributed by atoms with Crippen LogP contribution < -0.4 is 10.4 Å². The van der Waals surface area contributed by atoms with Crippen molar-refractivity contribution >= 4 is 11.0 Å². The molecule has 3 aliphatic rings. The fourth-order valence-electron chi connectivity index (χ4n) is 7.30. The number of aliphatic hydroxyl groups is 5. The molecule has 1 aliphatic heterocycles. The first-order chi connectivity index (χ1) is 18.9. The van der Waals surface area contributed by atoms with Crippen LogP contribution in [0.3, 0.4) is 0 Å². The Morgan fingerprint density at radius 3 is 2.48 bits per heavy atom. The number of fused-ring (bicyclic) bond motifs is 2. The molecule has 2 heterocycles. The highest BCUT2D eigenvalue weighted by Gasteiger charge is 2.60. The standard InChI is InChI=1S/C30H40O10/c1-15-11-20(39-28-26(36)25(35)24(34)21(13-31)40-28)27-29(2,3)22(32)9-10-30(27,4)18(15)14-37-17-7-5-16-6-8-23(33)38-19(16)12-17/h5-8,11-12,18,20-22,24-28,31-32,34-36H,9-10,13-14H2,1-4H3. The fraction of sp³-hybridized carbons (Fsp3) is 0.633. The van der Waals surface area contributed by atoms with E-state index < -0.39 is 60.6 Å². The Labute approximate surface area is 232 Å². The summed E-state index contributed by atoms with van der Waals surface area (Å²) in [4.78, 5) is 11.7. The maximum absolute atomic E-state index is 11.7. The van der Waals surface area contributed by atoms with Gasteiger partial charge in [0.1, 0.15) is 35.7 Å². The summed E-state index contributed by atoms with van der Waals surface area (Å²) in [6.45, 7) is 7.96. The molecule has 220 valence electrons. The number of benzene rings is 1. The van der Waals surface area contributed by atoms with Crippen molar-refractivity contribution in [1.82, 2.24) is 0 Å². The second-order valence-electron chi connectivity index (χ2n) is 12.4. The molecule has 40 heavy (non-hydrogen) atoms. The molecule has 2 aliphatic carbocycles.